The molecule has 1 unspecified atom stereocenters. The Labute approximate surface area is 149 Å². The van der Waals surface area contributed by atoms with Crippen molar-refractivity contribution in [2.45, 2.75) is 77.1 Å². The van der Waals surface area contributed by atoms with E-state index in [1.807, 2.05) is 0 Å². The fourth-order valence-corrected chi connectivity index (χ4v) is 4.09. The number of aliphatic hydroxyl groups is 1. The summed E-state index contributed by atoms with van der Waals surface area (Å²) in [6.45, 7) is 14.0. The van der Waals surface area contributed by atoms with Crippen LogP contribution in [0.2, 0.25) is 18.1 Å². The van der Waals surface area contributed by atoms with Gasteiger partial charge in [0.15, 0.2) is 8.32 Å². The van der Waals surface area contributed by atoms with Gasteiger partial charge in [-0.25, -0.2) is 4.79 Å². The molecule has 2 rings (SSSR count). The quantitative estimate of drug-likeness (QED) is 0.790. The van der Waals surface area contributed by atoms with E-state index in [4.69, 9.17) is 9.16 Å². The van der Waals surface area contributed by atoms with Gasteiger partial charge >= 0.3 is 5.69 Å². The first-order valence-corrected chi connectivity index (χ1v) is 11.5. The highest BCUT2D eigenvalue weighted by Gasteiger charge is 2.50. The van der Waals surface area contributed by atoms with E-state index >= 15 is 0 Å². The van der Waals surface area contributed by atoms with Crippen LogP contribution >= 0.6 is 0 Å². The number of H-pyrrole nitrogens is 1. The molecule has 1 saturated heterocycles. The van der Waals surface area contributed by atoms with Crippen molar-refractivity contribution in [3.8, 4) is 0 Å². The van der Waals surface area contributed by atoms with Crippen LogP contribution in [0.25, 0.3) is 0 Å². The van der Waals surface area contributed by atoms with Gasteiger partial charge in [-0.3, -0.25) is 14.3 Å². The molecule has 1 aliphatic heterocycles. The maximum absolute atomic E-state index is 12.2. The van der Waals surface area contributed by atoms with Gasteiger partial charge in [0, 0.05) is 18.2 Å². The van der Waals surface area contributed by atoms with E-state index in [9.17, 15) is 14.7 Å². The number of rotatable bonds is 4. The van der Waals surface area contributed by atoms with Crippen LogP contribution in [0.3, 0.4) is 0 Å². The Morgan fingerprint density at radius 3 is 2.56 bits per heavy atom. The fraction of sp³-hybridized carbons (Fsp3) is 0.765. The lowest BCUT2D eigenvalue weighted by Crippen LogP contribution is -2.50. The monoisotopic (exact) mass is 370 g/mol. The van der Waals surface area contributed by atoms with Crippen molar-refractivity contribution in [3.05, 3.63) is 32.6 Å². The number of aromatic nitrogens is 2. The number of nitrogens with zero attached hydrogens (tertiary/aromatic N) is 1. The second-order valence-electron chi connectivity index (χ2n) is 8.62. The van der Waals surface area contributed by atoms with E-state index in [0.29, 0.717) is 12.0 Å². The van der Waals surface area contributed by atoms with Crippen LogP contribution in [0.5, 0.6) is 0 Å². The standard InChI is InChI=1S/C17H30N2O5Si/c1-11-9-19(15(22)18-14(11)21)13-8-12(17(5,10-20)23-13)24-25(6,7)16(2,3)4/h9,12-13,20H,8,10H2,1-7H3,(H,18,21,22)/t12?,13-,17-/m1/s1. The van der Waals surface area contributed by atoms with Crippen LogP contribution in [0.1, 0.15) is 45.9 Å². The molecule has 3 atom stereocenters. The molecule has 0 aromatic carbocycles. The molecule has 1 aromatic heterocycles. The number of hydrogen-bond acceptors (Lipinski definition) is 5. The van der Waals surface area contributed by atoms with Crippen molar-refractivity contribution in [3.63, 3.8) is 0 Å². The van der Waals surface area contributed by atoms with Crippen molar-refractivity contribution in [1.29, 1.82) is 0 Å². The summed E-state index contributed by atoms with van der Waals surface area (Å²) < 4.78 is 13.9. The van der Waals surface area contributed by atoms with Crippen LogP contribution in [-0.2, 0) is 9.16 Å². The van der Waals surface area contributed by atoms with Crippen molar-refractivity contribution >= 4 is 8.32 Å². The molecule has 0 spiro atoms. The molecule has 0 bridgehead atoms. The molecule has 1 aliphatic rings. The number of ether oxygens (including phenoxy) is 1. The van der Waals surface area contributed by atoms with Gasteiger partial charge in [0.2, 0.25) is 0 Å². The molecule has 7 nitrogen and oxygen atoms in total. The van der Waals surface area contributed by atoms with Crippen LogP contribution in [0.15, 0.2) is 15.8 Å². The number of nitrogens with one attached hydrogen (secondary N) is 1. The van der Waals surface area contributed by atoms with E-state index in [1.165, 1.54) is 10.8 Å². The molecule has 0 saturated carbocycles. The summed E-state index contributed by atoms with van der Waals surface area (Å²) in [6, 6.07) is 0. The lowest BCUT2D eigenvalue weighted by atomic mass is 10.0. The molecule has 2 heterocycles. The highest BCUT2D eigenvalue weighted by atomic mass is 28.4. The first-order chi connectivity index (χ1) is 11.3. The molecule has 0 amide bonds. The van der Waals surface area contributed by atoms with Gasteiger partial charge in [0.05, 0.1) is 12.7 Å². The van der Waals surface area contributed by atoms with Crippen molar-refractivity contribution < 1.29 is 14.3 Å². The Hall–Kier alpha value is -1.22. The maximum atomic E-state index is 12.2. The minimum absolute atomic E-state index is 0.0207. The summed E-state index contributed by atoms with van der Waals surface area (Å²) >= 11 is 0. The first kappa shape index (κ1) is 20.1. The van der Waals surface area contributed by atoms with Crippen LogP contribution in [-0.4, -0.2) is 41.3 Å². The van der Waals surface area contributed by atoms with E-state index in [2.05, 4.69) is 38.8 Å². The lowest BCUT2D eigenvalue weighted by Gasteiger charge is -2.41. The Morgan fingerprint density at radius 1 is 1.44 bits per heavy atom. The average Bonchev–Trinajstić information content (AvgIpc) is 2.79. The molecule has 8 heteroatoms. The van der Waals surface area contributed by atoms with Gasteiger partial charge in [0.25, 0.3) is 5.56 Å². The predicted octanol–water partition coefficient (Wildman–Crippen LogP) is 1.91. The molecule has 25 heavy (non-hydrogen) atoms. The van der Waals surface area contributed by atoms with E-state index in [-0.39, 0.29) is 17.7 Å². The zero-order valence-corrected chi connectivity index (χ0v) is 17.2. The topological polar surface area (TPSA) is 93.6 Å². The largest absolute Gasteiger partial charge is 0.411 e. The molecule has 0 aliphatic carbocycles. The van der Waals surface area contributed by atoms with E-state index in [1.54, 1.807) is 13.8 Å². The van der Waals surface area contributed by atoms with Gasteiger partial charge in [-0.2, -0.15) is 0 Å². The van der Waals surface area contributed by atoms with Crippen LogP contribution in [0.4, 0.5) is 0 Å². The maximum Gasteiger partial charge on any atom is 0.330 e. The highest BCUT2D eigenvalue weighted by Crippen LogP contribution is 2.44. The molecule has 142 valence electrons. The first-order valence-electron chi connectivity index (χ1n) is 8.59. The molecular formula is C17H30N2O5Si. The smallest absolute Gasteiger partial charge is 0.330 e. The summed E-state index contributed by atoms with van der Waals surface area (Å²) in [5, 5.41) is 9.91. The van der Waals surface area contributed by atoms with Crippen molar-refractivity contribution in [2.24, 2.45) is 0 Å². The van der Waals surface area contributed by atoms with Gasteiger partial charge in [0.1, 0.15) is 11.8 Å². The fourth-order valence-electron chi connectivity index (χ4n) is 2.68. The number of aryl methyl sites for hydroxylation is 1. The summed E-state index contributed by atoms with van der Waals surface area (Å²) in [5.74, 6) is 0. The normalized spacial score (nSPS) is 27.7. The van der Waals surface area contributed by atoms with Gasteiger partial charge in [-0.15, -0.1) is 0 Å². The zero-order valence-electron chi connectivity index (χ0n) is 16.2. The predicted molar refractivity (Wildman–Crippen MR) is 98.4 cm³/mol. The summed E-state index contributed by atoms with van der Waals surface area (Å²) in [6.07, 6.45) is 1.02. The second-order valence-corrected chi connectivity index (χ2v) is 13.4. The Morgan fingerprint density at radius 2 is 2.04 bits per heavy atom. The van der Waals surface area contributed by atoms with Crippen LogP contribution < -0.4 is 11.2 Å². The van der Waals surface area contributed by atoms with Gasteiger partial charge in [-0.1, -0.05) is 20.8 Å². The molecular weight excluding hydrogens is 340 g/mol. The third kappa shape index (κ3) is 3.81. The van der Waals surface area contributed by atoms with Crippen molar-refractivity contribution in [2.75, 3.05) is 6.61 Å². The van der Waals surface area contributed by atoms with E-state index in [0.717, 1.165) is 0 Å². The lowest BCUT2D eigenvalue weighted by molar-refractivity contribution is -0.114. The van der Waals surface area contributed by atoms with Crippen molar-refractivity contribution in [1.82, 2.24) is 9.55 Å². The zero-order chi connectivity index (χ0) is 19.2. The Balaban J connectivity index is 2.35. The van der Waals surface area contributed by atoms with Gasteiger partial charge < -0.3 is 14.3 Å². The van der Waals surface area contributed by atoms with Gasteiger partial charge in [-0.05, 0) is 32.0 Å². The summed E-state index contributed by atoms with van der Waals surface area (Å²) in [5.41, 5.74) is -1.39. The highest BCUT2D eigenvalue weighted by molar-refractivity contribution is 6.74. The number of aliphatic hydroxyl groups excluding tert-OH is 1. The molecule has 1 fully saturated rings. The SMILES string of the molecule is Cc1cn([C@H]2CC(O[Si](C)(C)C(C)(C)C)[C@@](C)(CO)O2)c(=O)[nH]c1=O. The molecule has 1 aromatic rings. The molecule has 2 N–H and O–H groups in total. The Bertz CT molecular complexity index is 749. The number of aromatic amines is 1. The third-order valence-corrected chi connectivity index (χ3v) is 10.0. The minimum atomic E-state index is -2.08. The molecule has 0 radical (unpaired) electrons. The number of hydrogen-bond donors (Lipinski definition) is 2. The second kappa shape index (κ2) is 6.50. The average molecular weight is 371 g/mol. The minimum Gasteiger partial charge on any atom is -0.411 e. The Kier molecular flexibility index (Phi) is 5.22. The summed E-state index contributed by atoms with van der Waals surface area (Å²) in [7, 11) is -2.08. The third-order valence-electron chi connectivity index (χ3n) is 5.52. The summed E-state index contributed by atoms with van der Waals surface area (Å²) in [4.78, 5) is 26.0. The van der Waals surface area contributed by atoms with E-state index < -0.39 is 31.4 Å². The van der Waals surface area contributed by atoms with Crippen LogP contribution in [0, 0.1) is 6.92 Å².